The first-order chi connectivity index (χ1) is 10.6. The minimum absolute atomic E-state index is 0.00302. The van der Waals surface area contributed by atoms with Crippen LogP contribution in [0, 0.1) is 0 Å². The molecule has 122 valence electrons. The molecule has 0 bridgehead atoms. The largest absolute Gasteiger partial charge is 0.469 e. The van der Waals surface area contributed by atoms with Crippen molar-refractivity contribution in [3.63, 3.8) is 0 Å². The Hall–Kier alpha value is -2.08. The zero-order chi connectivity index (χ0) is 16.2. The molecule has 0 saturated carbocycles. The fourth-order valence-electron chi connectivity index (χ4n) is 1.85. The maximum Gasteiger partial charge on any atom is 0.407 e. The van der Waals surface area contributed by atoms with Crippen molar-refractivity contribution in [2.75, 3.05) is 13.7 Å². The number of unbranched alkanes of at least 4 members (excludes halogenated alkanes) is 1. The van der Waals surface area contributed by atoms with E-state index in [9.17, 15) is 14.7 Å². The zero-order valence-electron chi connectivity index (χ0n) is 12.8. The fourth-order valence-corrected chi connectivity index (χ4v) is 1.85. The Morgan fingerprint density at radius 2 is 1.95 bits per heavy atom. The van der Waals surface area contributed by atoms with Gasteiger partial charge in [0.1, 0.15) is 6.61 Å². The van der Waals surface area contributed by atoms with E-state index in [4.69, 9.17) is 4.74 Å². The van der Waals surface area contributed by atoms with Crippen molar-refractivity contribution in [2.24, 2.45) is 0 Å². The van der Waals surface area contributed by atoms with Gasteiger partial charge in [-0.3, -0.25) is 4.79 Å². The molecular weight excluding hydrogens is 286 g/mol. The number of hydrogen-bond donors (Lipinski definition) is 2. The molecule has 6 nitrogen and oxygen atoms in total. The number of carbonyl (C=O) groups is 2. The topological polar surface area (TPSA) is 84.9 Å². The molecule has 0 aliphatic heterocycles. The summed E-state index contributed by atoms with van der Waals surface area (Å²) in [5, 5.41) is 12.2. The van der Waals surface area contributed by atoms with Crippen molar-refractivity contribution in [1.29, 1.82) is 0 Å². The van der Waals surface area contributed by atoms with E-state index in [1.54, 1.807) is 0 Å². The van der Waals surface area contributed by atoms with E-state index in [1.807, 2.05) is 30.3 Å². The highest BCUT2D eigenvalue weighted by Gasteiger charge is 2.10. The highest BCUT2D eigenvalue weighted by atomic mass is 16.5. The lowest BCUT2D eigenvalue weighted by atomic mass is 10.1. The summed E-state index contributed by atoms with van der Waals surface area (Å²) in [6.07, 6.45) is 0.755. The van der Waals surface area contributed by atoms with Crippen LogP contribution in [0.5, 0.6) is 0 Å². The minimum Gasteiger partial charge on any atom is -0.469 e. The number of methoxy groups -OCH3 is 1. The van der Waals surface area contributed by atoms with Gasteiger partial charge in [-0.2, -0.15) is 0 Å². The van der Waals surface area contributed by atoms with Crippen molar-refractivity contribution in [2.45, 2.75) is 38.4 Å². The normalized spacial score (nSPS) is 11.5. The van der Waals surface area contributed by atoms with Crippen LogP contribution in [0.4, 0.5) is 4.79 Å². The van der Waals surface area contributed by atoms with E-state index in [1.165, 1.54) is 7.11 Å². The van der Waals surface area contributed by atoms with Crippen molar-refractivity contribution < 1.29 is 24.2 Å². The van der Waals surface area contributed by atoms with E-state index in [2.05, 4.69) is 10.1 Å². The number of ether oxygens (including phenoxy) is 2. The van der Waals surface area contributed by atoms with Gasteiger partial charge in [0.2, 0.25) is 0 Å². The van der Waals surface area contributed by atoms with Crippen LogP contribution in [0.1, 0.15) is 31.2 Å². The van der Waals surface area contributed by atoms with Crippen LogP contribution in [0.3, 0.4) is 0 Å². The highest BCUT2D eigenvalue weighted by molar-refractivity contribution is 5.69. The number of nitrogens with one attached hydrogen (secondary N) is 1. The van der Waals surface area contributed by atoms with E-state index in [0.717, 1.165) is 5.56 Å². The van der Waals surface area contributed by atoms with Crippen LogP contribution in [-0.2, 0) is 20.9 Å². The van der Waals surface area contributed by atoms with Crippen LogP contribution in [0.25, 0.3) is 0 Å². The van der Waals surface area contributed by atoms with Crippen LogP contribution in [0.2, 0.25) is 0 Å². The molecule has 1 aromatic carbocycles. The number of rotatable bonds is 9. The van der Waals surface area contributed by atoms with Crippen molar-refractivity contribution in [3.8, 4) is 0 Å². The molecule has 0 aliphatic rings. The second kappa shape index (κ2) is 10.6. The standard InChI is InChI=1S/C16H23NO5/c1-21-15(19)11-14(18)9-5-6-10-17-16(20)22-12-13-7-3-2-4-8-13/h2-4,7-8,14,18H,5-6,9-12H2,1H3,(H,17,20)/t14-/m0/s1. The summed E-state index contributed by atoms with van der Waals surface area (Å²) in [6, 6.07) is 9.44. The third-order valence-electron chi connectivity index (χ3n) is 3.08. The predicted molar refractivity (Wildman–Crippen MR) is 81.1 cm³/mol. The SMILES string of the molecule is COC(=O)C[C@@H](O)CCCCNC(=O)OCc1ccccc1. The lowest BCUT2D eigenvalue weighted by molar-refractivity contribution is -0.142. The van der Waals surface area contributed by atoms with E-state index in [-0.39, 0.29) is 13.0 Å². The van der Waals surface area contributed by atoms with Gasteiger partial charge in [-0.25, -0.2) is 4.79 Å². The number of hydrogen-bond acceptors (Lipinski definition) is 5. The van der Waals surface area contributed by atoms with Gasteiger partial charge >= 0.3 is 12.1 Å². The molecule has 0 unspecified atom stereocenters. The summed E-state index contributed by atoms with van der Waals surface area (Å²) in [5.41, 5.74) is 0.934. The average Bonchev–Trinajstić information content (AvgIpc) is 2.53. The number of benzene rings is 1. The Balaban J connectivity index is 2.02. The number of esters is 1. The third kappa shape index (κ3) is 8.26. The second-order valence-electron chi connectivity index (χ2n) is 4.92. The molecule has 1 atom stereocenters. The Labute approximate surface area is 130 Å². The summed E-state index contributed by atoms with van der Waals surface area (Å²) in [6.45, 7) is 0.711. The monoisotopic (exact) mass is 309 g/mol. The minimum atomic E-state index is -0.697. The Morgan fingerprint density at radius 1 is 1.23 bits per heavy atom. The van der Waals surface area contributed by atoms with Crippen molar-refractivity contribution >= 4 is 12.1 Å². The maximum atomic E-state index is 11.5. The average molecular weight is 309 g/mol. The first-order valence-electron chi connectivity index (χ1n) is 7.31. The Bertz CT molecular complexity index is 449. The number of aliphatic hydroxyl groups excluding tert-OH is 1. The van der Waals surface area contributed by atoms with Crippen LogP contribution >= 0.6 is 0 Å². The number of aliphatic hydroxyl groups is 1. The second-order valence-corrected chi connectivity index (χ2v) is 4.92. The van der Waals surface area contributed by atoms with Gasteiger partial charge in [0.25, 0.3) is 0 Å². The quantitative estimate of drug-likeness (QED) is 0.538. The molecule has 1 aromatic rings. The van der Waals surface area contributed by atoms with Crippen LogP contribution in [-0.4, -0.2) is 36.9 Å². The van der Waals surface area contributed by atoms with E-state index < -0.39 is 18.2 Å². The molecule has 0 aliphatic carbocycles. The number of alkyl carbamates (subject to hydrolysis) is 1. The molecular formula is C16H23NO5. The van der Waals surface area contributed by atoms with Gasteiger partial charge in [0.05, 0.1) is 19.6 Å². The maximum absolute atomic E-state index is 11.5. The van der Waals surface area contributed by atoms with Gasteiger partial charge in [0, 0.05) is 6.54 Å². The molecule has 0 radical (unpaired) electrons. The summed E-state index contributed by atoms with van der Waals surface area (Å²) in [7, 11) is 1.29. The van der Waals surface area contributed by atoms with Gasteiger partial charge in [-0.05, 0) is 24.8 Å². The van der Waals surface area contributed by atoms with Gasteiger partial charge in [-0.1, -0.05) is 30.3 Å². The van der Waals surface area contributed by atoms with Gasteiger partial charge in [-0.15, -0.1) is 0 Å². The predicted octanol–water partition coefficient (Wildman–Crippen LogP) is 2.01. The Kier molecular flexibility index (Phi) is 8.67. The summed E-state index contributed by atoms with van der Waals surface area (Å²) in [5.74, 6) is -0.421. The molecule has 0 heterocycles. The highest BCUT2D eigenvalue weighted by Crippen LogP contribution is 2.05. The smallest absolute Gasteiger partial charge is 0.407 e. The van der Waals surface area contributed by atoms with E-state index >= 15 is 0 Å². The molecule has 22 heavy (non-hydrogen) atoms. The molecule has 0 aromatic heterocycles. The fraction of sp³-hybridized carbons (Fsp3) is 0.500. The molecule has 0 saturated heterocycles. The molecule has 6 heteroatoms. The van der Waals surface area contributed by atoms with Gasteiger partial charge in [0.15, 0.2) is 0 Å². The number of amides is 1. The zero-order valence-corrected chi connectivity index (χ0v) is 12.8. The van der Waals surface area contributed by atoms with E-state index in [0.29, 0.717) is 25.8 Å². The molecule has 0 fully saturated rings. The molecule has 1 rings (SSSR count). The summed E-state index contributed by atoms with van der Waals surface area (Å²) < 4.78 is 9.53. The van der Waals surface area contributed by atoms with Gasteiger partial charge < -0.3 is 19.9 Å². The summed E-state index contributed by atoms with van der Waals surface area (Å²) >= 11 is 0. The number of carbonyl (C=O) groups excluding carboxylic acids is 2. The molecule has 1 amide bonds. The van der Waals surface area contributed by atoms with Crippen LogP contribution < -0.4 is 5.32 Å². The first kappa shape index (κ1) is 18.0. The summed E-state index contributed by atoms with van der Waals surface area (Å²) in [4.78, 5) is 22.4. The van der Waals surface area contributed by atoms with Crippen molar-refractivity contribution in [1.82, 2.24) is 5.32 Å². The van der Waals surface area contributed by atoms with Crippen LogP contribution in [0.15, 0.2) is 30.3 Å². The Morgan fingerprint density at radius 3 is 2.64 bits per heavy atom. The molecule has 0 spiro atoms. The van der Waals surface area contributed by atoms with Crippen molar-refractivity contribution in [3.05, 3.63) is 35.9 Å². The lowest BCUT2D eigenvalue weighted by Crippen LogP contribution is -2.25. The lowest BCUT2D eigenvalue weighted by Gasteiger charge is -2.09. The first-order valence-corrected chi connectivity index (χ1v) is 7.31. The third-order valence-corrected chi connectivity index (χ3v) is 3.08. The molecule has 2 N–H and O–H groups in total.